The van der Waals surface area contributed by atoms with E-state index >= 15 is 0 Å². The zero-order valence-electron chi connectivity index (χ0n) is 7.49. The lowest BCUT2D eigenvalue weighted by molar-refractivity contribution is 1.47. The first kappa shape index (κ1) is 9.21. The average Bonchev–Trinajstić information content (AvgIpc) is 2.18. The van der Waals surface area contributed by atoms with E-state index in [1.54, 1.807) is 25.4 Å². The minimum Gasteiger partial charge on any atom is -0.296 e. The summed E-state index contributed by atoms with van der Waals surface area (Å²) in [5.41, 5.74) is 2.50. The van der Waals surface area contributed by atoms with Crippen molar-refractivity contribution >= 4 is 11.8 Å². The van der Waals surface area contributed by atoms with Gasteiger partial charge in [-0.05, 0) is 23.3 Å². The van der Waals surface area contributed by atoms with Crippen molar-refractivity contribution in [3.05, 3.63) is 42.0 Å². The number of aliphatic imine (C=N–C) groups is 1. The number of rotatable bonds is 2. The molecule has 2 heteroatoms. The van der Waals surface area contributed by atoms with Crippen LogP contribution in [0, 0.1) is 11.3 Å². The molecular weight excluding hydrogens is 160 g/mol. The van der Waals surface area contributed by atoms with Crippen molar-refractivity contribution in [2.75, 3.05) is 7.05 Å². The second-order valence-corrected chi connectivity index (χ2v) is 2.60. The summed E-state index contributed by atoms with van der Waals surface area (Å²) in [5, 5.41) is 8.57. The predicted octanol–water partition coefficient (Wildman–Crippen LogP) is 2.27. The molecule has 0 aliphatic rings. The minimum atomic E-state index is 0.657. The molecule has 0 radical (unpaired) electrons. The molecule has 0 amide bonds. The number of benzene rings is 1. The van der Waals surface area contributed by atoms with Gasteiger partial charge in [0.15, 0.2) is 0 Å². The highest BCUT2D eigenvalue weighted by Gasteiger charge is 1.95. The van der Waals surface area contributed by atoms with Gasteiger partial charge in [0.1, 0.15) is 0 Å². The normalized spacial score (nSPS) is 9.85. The van der Waals surface area contributed by atoms with Gasteiger partial charge in [-0.2, -0.15) is 5.26 Å². The lowest BCUT2D eigenvalue weighted by Crippen LogP contribution is -1.84. The molecule has 0 heterocycles. The van der Waals surface area contributed by atoms with E-state index in [4.69, 9.17) is 5.26 Å². The Hall–Kier alpha value is -1.88. The second-order valence-electron chi connectivity index (χ2n) is 2.60. The zero-order valence-corrected chi connectivity index (χ0v) is 7.49. The molecule has 64 valence electrons. The average molecular weight is 170 g/mol. The van der Waals surface area contributed by atoms with Crippen molar-refractivity contribution in [2.45, 2.75) is 0 Å². The third-order valence-electron chi connectivity index (χ3n) is 1.67. The zero-order chi connectivity index (χ0) is 9.68. The van der Waals surface area contributed by atoms with Crippen LogP contribution in [0.2, 0.25) is 0 Å². The van der Waals surface area contributed by atoms with Crippen LogP contribution < -0.4 is 0 Å². The Morgan fingerprint density at radius 3 is 2.54 bits per heavy atom. The highest BCUT2D eigenvalue weighted by Crippen LogP contribution is 2.10. The molecule has 1 rings (SSSR count). The molecule has 0 atom stereocenters. The molecule has 0 saturated carbocycles. The van der Waals surface area contributed by atoms with Gasteiger partial charge in [0.05, 0.1) is 11.6 Å². The lowest BCUT2D eigenvalue weighted by Gasteiger charge is -1.98. The molecule has 1 aromatic rings. The van der Waals surface area contributed by atoms with Crippen molar-refractivity contribution in [1.82, 2.24) is 0 Å². The molecule has 1 aromatic carbocycles. The first-order valence-corrected chi connectivity index (χ1v) is 3.89. The first-order chi connectivity index (χ1) is 6.27. The number of nitriles is 1. The summed E-state index contributed by atoms with van der Waals surface area (Å²) in [6.45, 7) is 3.84. The largest absolute Gasteiger partial charge is 0.296 e. The smallest absolute Gasteiger partial charge is 0.0991 e. The lowest BCUT2D eigenvalue weighted by atomic mass is 10.1. The maximum atomic E-state index is 8.57. The standard InChI is InChI=1S/C11H10N2/c1-9(8-13-2)11-5-3-10(7-12)4-6-11/h3-6,8H,1H2,2H3/b13-8+. The maximum absolute atomic E-state index is 8.57. The predicted molar refractivity (Wildman–Crippen MR) is 54.6 cm³/mol. The monoisotopic (exact) mass is 170 g/mol. The summed E-state index contributed by atoms with van der Waals surface area (Å²) in [6.07, 6.45) is 1.70. The van der Waals surface area contributed by atoms with Crippen molar-refractivity contribution in [3.8, 4) is 6.07 Å². The summed E-state index contributed by atoms with van der Waals surface area (Å²) in [5.74, 6) is 0. The van der Waals surface area contributed by atoms with Gasteiger partial charge >= 0.3 is 0 Å². The van der Waals surface area contributed by atoms with E-state index in [1.165, 1.54) is 0 Å². The van der Waals surface area contributed by atoms with E-state index in [-0.39, 0.29) is 0 Å². The number of hydrogen-bond acceptors (Lipinski definition) is 2. The van der Waals surface area contributed by atoms with Gasteiger partial charge in [0, 0.05) is 13.3 Å². The number of hydrogen-bond donors (Lipinski definition) is 0. The van der Waals surface area contributed by atoms with E-state index in [1.807, 2.05) is 12.1 Å². The van der Waals surface area contributed by atoms with E-state index in [9.17, 15) is 0 Å². The van der Waals surface area contributed by atoms with Crippen LogP contribution in [0.15, 0.2) is 35.8 Å². The fourth-order valence-corrected chi connectivity index (χ4v) is 0.989. The summed E-state index contributed by atoms with van der Waals surface area (Å²) in [6, 6.07) is 9.32. The molecule has 13 heavy (non-hydrogen) atoms. The Morgan fingerprint density at radius 1 is 1.46 bits per heavy atom. The Balaban J connectivity index is 2.94. The van der Waals surface area contributed by atoms with Crippen LogP contribution in [-0.4, -0.2) is 13.3 Å². The summed E-state index contributed by atoms with van der Waals surface area (Å²) >= 11 is 0. The third kappa shape index (κ3) is 2.28. The topological polar surface area (TPSA) is 36.1 Å². The first-order valence-electron chi connectivity index (χ1n) is 3.89. The van der Waals surface area contributed by atoms with Crippen LogP contribution in [-0.2, 0) is 0 Å². The van der Waals surface area contributed by atoms with Crippen molar-refractivity contribution < 1.29 is 0 Å². The molecule has 0 spiro atoms. The minimum absolute atomic E-state index is 0.657. The van der Waals surface area contributed by atoms with Crippen LogP contribution >= 0.6 is 0 Å². The van der Waals surface area contributed by atoms with Crippen LogP contribution in [0.1, 0.15) is 11.1 Å². The highest BCUT2D eigenvalue weighted by atomic mass is 14.6. The van der Waals surface area contributed by atoms with E-state index < -0.39 is 0 Å². The van der Waals surface area contributed by atoms with Gasteiger partial charge < -0.3 is 0 Å². The van der Waals surface area contributed by atoms with Crippen molar-refractivity contribution in [2.24, 2.45) is 4.99 Å². The number of allylic oxidation sites excluding steroid dienone is 1. The quantitative estimate of drug-likeness (QED) is 0.627. The third-order valence-corrected chi connectivity index (χ3v) is 1.67. The molecule has 0 saturated heterocycles. The number of nitrogens with zero attached hydrogens (tertiary/aromatic N) is 2. The molecule has 0 bridgehead atoms. The van der Waals surface area contributed by atoms with E-state index in [2.05, 4.69) is 17.6 Å². The molecular formula is C11H10N2. The maximum Gasteiger partial charge on any atom is 0.0991 e. The molecule has 0 aromatic heterocycles. The van der Waals surface area contributed by atoms with Gasteiger partial charge in [0.2, 0.25) is 0 Å². The Kier molecular flexibility index (Phi) is 2.99. The fourth-order valence-electron chi connectivity index (χ4n) is 0.989. The second kappa shape index (κ2) is 4.22. The van der Waals surface area contributed by atoms with Crippen molar-refractivity contribution in [1.29, 1.82) is 5.26 Å². The molecule has 0 aliphatic heterocycles. The summed E-state index contributed by atoms with van der Waals surface area (Å²) in [4.78, 5) is 3.87. The molecule has 2 nitrogen and oxygen atoms in total. The molecule has 0 unspecified atom stereocenters. The van der Waals surface area contributed by atoms with Crippen LogP contribution in [0.5, 0.6) is 0 Å². The molecule has 0 fully saturated rings. The Bertz CT molecular complexity index is 366. The van der Waals surface area contributed by atoms with Crippen LogP contribution in [0.4, 0.5) is 0 Å². The fraction of sp³-hybridized carbons (Fsp3) is 0.0909. The van der Waals surface area contributed by atoms with E-state index in [0.29, 0.717) is 5.56 Å². The Labute approximate surface area is 77.9 Å². The van der Waals surface area contributed by atoms with Gasteiger partial charge in [-0.3, -0.25) is 4.99 Å². The van der Waals surface area contributed by atoms with E-state index in [0.717, 1.165) is 11.1 Å². The Morgan fingerprint density at radius 2 is 2.08 bits per heavy atom. The SMILES string of the molecule is C=C(/C=N/C)c1ccc(C#N)cc1. The van der Waals surface area contributed by atoms with Crippen molar-refractivity contribution in [3.63, 3.8) is 0 Å². The summed E-state index contributed by atoms with van der Waals surface area (Å²) in [7, 11) is 1.70. The van der Waals surface area contributed by atoms with Gasteiger partial charge in [-0.1, -0.05) is 18.7 Å². The highest BCUT2D eigenvalue weighted by molar-refractivity contribution is 6.08. The van der Waals surface area contributed by atoms with Gasteiger partial charge in [0.25, 0.3) is 0 Å². The molecule has 0 N–H and O–H groups in total. The van der Waals surface area contributed by atoms with Gasteiger partial charge in [-0.25, -0.2) is 0 Å². The van der Waals surface area contributed by atoms with Gasteiger partial charge in [-0.15, -0.1) is 0 Å². The van der Waals surface area contributed by atoms with Crippen LogP contribution in [0.3, 0.4) is 0 Å². The molecule has 0 aliphatic carbocycles. The summed E-state index contributed by atoms with van der Waals surface area (Å²) < 4.78 is 0. The van der Waals surface area contributed by atoms with Crippen LogP contribution in [0.25, 0.3) is 5.57 Å².